The van der Waals surface area contributed by atoms with Crippen molar-refractivity contribution in [1.82, 2.24) is 34.7 Å². The first-order valence-electron chi connectivity index (χ1n) is 22.7. The molecule has 0 saturated carbocycles. The number of piperidine rings is 3. The maximum Gasteiger partial charge on any atom is 0.262 e. The summed E-state index contributed by atoms with van der Waals surface area (Å²) in [5.41, 5.74) is 8.79. The van der Waals surface area contributed by atoms with Gasteiger partial charge in [0.25, 0.3) is 17.7 Å². The third kappa shape index (κ3) is 8.37. The van der Waals surface area contributed by atoms with Gasteiger partial charge < -0.3 is 20.7 Å². The molecule has 6 aliphatic rings. The molecule has 10 rings (SSSR count). The molecule has 0 spiro atoms. The van der Waals surface area contributed by atoms with E-state index >= 15 is 0 Å². The Bertz CT molecular complexity index is 2610. The van der Waals surface area contributed by atoms with Crippen LogP contribution in [-0.4, -0.2) is 129 Å². The average Bonchev–Trinajstić information content (AvgIpc) is 3.81. The second kappa shape index (κ2) is 17.6. The monoisotopic (exact) mass is 877 g/mol. The van der Waals surface area contributed by atoms with Gasteiger partial charge in [0.2, 0.25) is 17.7 Å². The first-order chi connectivity index (χ1) is 31.6. The minimum Gasteiger partial charge on any atom is -0.457 e. The molecule has 4 aromatic rings. The summed E-state index contributed by atoms with van der Waals surface area (Å²) in [6.45, 7) is 5.95. The minimum atomic E-state index is -1.000. The van der Waals surface area contributed by atoms with Crippen LogP contribution >= 0.6 is 0 Å². The number of fused-ring (bicyclic) bond motifs is 2. The largest absolute Gasteiger partial charge is 0.457 e. The summed E-state index contributed by atoms with van der Waals surface area (Å²) < 4.78 is 7.94. The Morgan fingerprint density at radius 2 is 1.54 bits per heavy atom. The van der Waals surface area contributed by atoms with E-state index in [4.69, 9.17) is 15.6 Å². The van der Waals surface area contributed by atoms with Gasteiger partial charge in [0.1, 0.15) is 34.6 Å². The molecule has 3 aromatic carbocycles. The third-order valence-electron chi connectivity index (χ3n) is 13.9. The number of likely N-dealkylation sites (tertiary alicyclic amines) is 3. The number of ether oxygens (including phenoxy) is 1. The van der Waals surface area contributed by atoms with Crippen LogP contribution < -0.4 is 21.1 Å². The number of anilines is 1. The van der Waals surface area contributed by atoms with Crippen LogP contribution in [0, 0.1) is 23.7 Å². The Morgan fingerprint density at radius 3 is 2.26 bits per heavy atom. The maximum absolute atomic E-state index is 13.6. The van der Waals surface area contributed by atoms with E-state index < -0.39 is 35.6 Å². The highest BCUT2D eigenvalue weighted by Crippen LogP contribution is 2.40. The maximum atomic E-state index is 13.6. The number of nitrogens with two attached hydrogens (primary N) is 1. The van der Waals surface area contributed by atoms with E-state index in [1.165, 1.54) is 0 Å². The van der Waals surface area contributed by atoms with E-state index in [2.05, 4.69) is 32.3 Å². The molecular formula is C49H51N9O7. The van der Waals surface area contributed by atoms with E-state index in [0.717, 1.165) is 74.5 Å². The van der Waals surface area contributed by atoms with Crippen LogP contribution in [0.25, 0.3) is 11.3 Å². The summed E-state index contributed by atoms with van der Waals surface area (Å²) in [5.74, 6) is 6.63. The van der Waals surface area contributed by atoms with Gasteiger partial charge in [-0.1, -0.05) is 30.0 Å². The summed E-state index contributed by atoms with van der Waals surface area (Å²) in [5, 5.41) is 10.6. The quantitative estimate of drug-likeness (QED) is 0.163. The van der Waals surface area contributed by atoms with Crippen molar-refractivity contribution in [1.29, 1.82) is 0 Å². The molecule has 7 heterocycles. The van der Waals surface area contributed by atoms with Gasteiger partial charge in [-0.05, 0) is 99.0 Å². The average molecular weight is 878 g/mol. The molecule has 4 saturated heterocycles. The zero-order chi connectivity index (χ0) is 44.8. The predicted octanol–water partition coefficient (Wildman–Crippen LogP) is 3.89. The molecular weight excluding hydrogens is 827 g/mol. The lowest BCUT2D eigenvalue weighted by atomic mass is 9.86. The van der Waals surface area contributed by atoms with Crippen LogP contribution in [-0.2, 0) is 14.4 Å². The van der Waals surface area contributed by atoms with Crippen LogP contribution in [0.5, 0.6) is 11.5 Å². The third-order valence-corrected chi connectivity index (χ3v) is 13.9. The lowest BCUT2D eigenvalue weighted by Crippen LogP contribution is -2.55. The van der Waals surface area contributed by atoms with Gasteiger partial charge in [0.05, 0.1) is 23.7 Å². The smallest absolute Gasteiger partial charge is 0.262 e. The first kappa shape index (κ1) is 42.1. The number of nitrogens with one attached hydrogen (secondary N) is 2. The number of primary amides is 1. The number of benzene rings is 3. The fourth-order valence-corrected chi connectivity index (χ4v) is 10.4. The highest BCUT2D eigenvalue weighted by molar-refractivity contribution is 6.23. The summed E-state index contributed by atoms with van der Waals surface area (Å²) in [4.78, 5) is 84.4. The van der Waals surface area contributed by atoms with Crippen LogP contribution in [0.15, 0.2) is 72.8 Å². The molecule has 16 heteroatoms. The normalized spacial score (nSPS) is 22.0. The zero-order valence-electron chi connectivity index (χ0n) is 36.0. The zero-order valence-corrected chi connectivity index (χ0v) is 36.0. The molecule has 334 valence electrons. The van der Waals surface area contributed by atoms with E-state index in [-0.39, 0.29) is 41.8 Å². The molecule has 2 atom stereocenters. The lowest BCUT2D eigenvalue weighted by Gasteiger charge is -2.45. The van der Waals surface area contributed by atoms with Crippen molar-refractivity contribution in [2.75, 3.05) is 57.7 Å². The van der Waals surface area contributed by atoms with Crippen molar-refractivity contribution < 1.29 is 33.5 Å². The van der Waals surface area contributed by atoms with Crippen molar-refractivity contribution in [3.05, 3.63) is 95.1 Å². The predicted molar refractivity (Wildman–Crippen MR) is 239 cm³/mol. The van der Waals surface area contributed by atoms with E-state index in [9.17, 15) is 28.8 Å². The Morgan fingerprint density at radius 1 is 0.815 bits per heavy atom. The number of imide groups is 2. The molecule has 1 aromatic heterocycles. The van der Waals surface area contributed by atoms with Gasteiger partial charge in [0.15, 0.2) is 0 Å². The number of hydrogen-bond donors (Lipinski definition) is 3. The number of aromatic nitrogens is 2. The van der Waals surface area contributed by atoms with Gasteiger partial charge in [-0.2, -0.15) is 5.10 Å². The molecule has 4 fully saturated rings. The van der Waals surface area contributed by atoms with Gasteiger partial charge >= 0.3 is 0 Å². The highest BCUT2D eigenvalue weighted by Gasteiger charge is 2.45. The molecule has 65 heavy (non-hydrogen) atoms. The van der Waals surface area contributed by atoms with E-state index in [1.807, 2.05) is 64.2 Å². The SMILES string of the molecule is NC(=O)c1c(-c2ccc(Oc3ccccc3)cc2)nn2c1NCC[C@H]2C1CCN(C(=O)CN2CCC(N3CC(C#Cc4ccc5c(c4)C(=O)N(C4CCC(=O)NC4=O)C5=O)C3)CC2)CC1. The highest BCUT2D eigenvalue weighted by atomic mass is 16.5. The van der Waals surface area contributed by atoms with Crippen molar-refractivity contribution in [3.8, 4) is 34.6 Å². The van der Waals surface area contributed by atoms with Crippen molar-refractivity contribution >= 4 is 41.3 Å². The van der Waals surface area contributed by atoms with Crippen molar-refractivity contribution in [2.24, 2.45) is 17.6 Å². The van der Waals surface area contributed by atoms with Crippen LogP contribution in [0.1, 0.15) is 87.6 Å². The van der Waals surface area contributed by atoms with Gasteiger partial charge in [-0.15, -0.1) is 0 Å². The lowest BCUT2D eigenvalue weighted by molar-refractivity contribution is -0.136. The van der Waals surface area contributed by atoms with E-state index in [1.54, 1.807) is 18.2 Å². The molecule has 0 radical (unpaired) electrons. The topological polar surface area (TPSA) is 193 Å². The van der Waals surface area contributed by atoms with Gasteiger partial charge in [-0.3, -0.25) is 48.8 Å². The van der Waals surface area contributed by atoms with Crippen LogP contribution in [0.4, 0.5) is 5.82 Å². The summed E-state index contributed by atoms with van der Waals surface area (Å²) in [6.07, 6.45) is 4.74. The summed E-state index contributed by atoms with van der Waals surface area (Å²) >= 11 is 0. The Labute approximate surface area is 376 Å². The number of carbonyl (C=O) groups excluding carboxylic acids is 6. The molecule has 6 amide bonds. The molecule has 6 aliphatic heterocycles. The Balaban J connectivity index is 0.680. The second-order valence-electron chi connectivity index (χ2n) is 18.0. The van der Waals surface area contributed by atoms with E-state index in [0.29, 0.717) is 66.5 Å². The Hall–Kier alpha value is -6.83. The van der Waals surface area contributed by atoms with Gasteiger partial charge in [-0.25, -0.2) is 4.68 Å². The molecule has 4 N–H and O–H groups in total. The number of nitrogens with zero attached hydrogens (tertiary/aromatic N) is 6. The molecule has 16 nitrogen and oxygen atoms in total. The number of para-hydroxylation sites is 1. The Kier molecular flexibility index (Phi) is 11.4. The number of carbonyl (C=O) groups is 6. The van der Waals surface area contributed by atoms with Gasteiger partial charge in [0, 0.05) is 75.3 Å². The molecule has 0 aliphatic carbocycles. The fourth-order valence-electron chi connectivity index (χ4n) is 10.4. The summed E-state index contributed by atoms with van der Waals surface area (Å²) in [6, 6.07) is 21.6. The van der Waals surface area contributed by atoms with Crippen molar-refractivity contribution in [2.45, 2.75) is 63.1 Å². The fraction of sp³-hybridized carbons (Fsp3) is 0.408. The molecule has 0 bridgehead atoms. The standard InChI is InChI=1S/C49H51N9O7/c50-45(61)43-44(33-9-11-36(12-10-33)65-35-4-2-1-3-5-35)53-58-39(16-21-51-46(43)58)32-17-24-55(25-18-32)42(60)29-54-22-19-34(20-23-54)56-27-31(28-56)7-6-30-8-13-37-38(26-30)49(64)57(48(37)63)40-14-15-41(59)52-47(40)62/h1-5,8-13,26,31-32,34,39-40,51H,14-25,27-29H2,(H2,50,61)(H,52,59,62)/t39-,40?/m0/s1. The van der Waals surface area contributed by atoms with Crippen LogP contribution in [0.2, 0.25) is 0 Å². The summed E-state index contributed by atoms with van der Waals surface area (Å²) in [7, 11) is 0. The minimum absolute atomic E-state index is 0.0726. The number of rotatable bonds is 9. The second-order valence-corrected chi connectivity index (χ2v) is 18.0. The van der Waals surface area contributed by atoms with Crippen LogP contribution in [0.3, 0.4) is 0 Å². The number of hydrogen-bond acceptors (Lipinski definition) is 11. The first-order valence-corrected chi connectivity index (χ1v) is 22.7. The van der Waals surface area contributed by atoms with Crippen molar-refractivity contribution in [3.63, 3.8) is 0 Å². The molecule has 1 unspecified atom stereocenters. The number of amides is 6.